The van der Waals surface area contributed by atoms with E-state index in [0.29, 0.717) is 13.2 Å². The summed E-state index contributed by atoms with van der Waals surface area (Å²) in [6.45, 7) is 0.964. The second-order valence-electron chi connectivity index (χ2n) is 3.85. The Kier molecular flexibility index (Phi) is 4.56. The van der Waals surface area contributed by atoms with E-state index in [-0.39, 0.29) is 0 Å². The van der Waals surface area contributed by atoms with Crippen LogP contribution in [0.4, 0.5) is 5.82 Å². The van der Waals surface area contributed by atoms with E-state index < -0.39 is 0 Å². The number of halogens is 1. The predicted octanol–water partition coefficient (Wildman–Crippen LogP) is 3.49. The SMILES string of the molecule is CNc1cccc(COCc2ccccc2Cl)n1. The first kappa shape index (κ1) is 12.9. The van der Waals surface area contributed by atoms with Crippen LogP contribution >= 0.6 is 11.6 Å². The number of pyridine rings is 1. The molecule has 0 atom stereocenters. The van der Waals surface area contributed by atoms with Crippen molar-refractivity contribution >= 4 is 17.4 Å². The second kappa shape index (κ2) is 6.38. The maximum absolute atomic E-state index is 6.05. The van der Waals surface area contributed by atoms with Gasteiger partial charge < -0.3 is 10.1 Å². The fourth-order valence-electron chi connectivity index (χ4n) is 1.58. The Labute approximate surface area is 112 Å². The molecule has 1 aromatic carbocycles. The van der Waals surface area contributed by atoms with E-state index in [1.54, 1.807) is 0 Å². The summed E-state index contributed by atoms with van der Waals surface area (Å²) < 4.78 is 5.61. The molecule has 94 valence electrons. The van der Waals surface area contributed by atoms with Crippen LogP contribution in [0.15, 0.2) is 42.5 Å². The van der Waals surface area contributed by atoms with Crippen molar-refractivity contribution in [3.8, 4) is 0 Å². The van der Waals surface area contributed by atoms with E-state index in [4.69, 9.17) is 16.3 Å². The summed E-state index contributed by atoms with van der Waals surface area (Å²) >= 11 is 6.05. The highest BCUT2D eigenvalue weighted by Gasteiger charge is 2.00. The molecule has 2 rings (SSSR count). The van der Waals surface area contributed by atoms with Gasteiger partial charge in [-0.1, -0.05) is 35.9 Å². The van der Waals surface area contributed by atoms with Crippen molar-refractivity contribution in [3.05, 3.63) is 58.7 Å². The summed E-state index contributed by atoms with van der Waals surface area (Å²) in [6, 6.07) is 13.5. The summed E-state index contributed by atoms with van der Waals surface area (Å²) in [5.41, 5.74) is 1.89. The van der Waals surface area contributed by atoms with E-state index in [2.05, 4.69) is 10.3 Å². The topological polar surface area (TPSA) is 34.1 Å². The Morgan fingerprint density at radius 3 is 2.72 bits per heavy atom. The van der Waals surface area contributed by atoms with Crippen LogP contribution in [0.25, 0.3) is 0 Å². The monoisotopic (exact) mass is 262 g/mol. The highest BCUT2D eigenvalue weighted by Crippen LogP contribution is 2.16. The van der Waals surface area contributed by atoms with Crippen molar-refractivity contribution in [2.75, 3.05) is 12.4 Å². The summed E-state index contributed by atoms with van der Waals surface area (Å²) in [6.07, 6.45) is 0. The Balaban J connectivity index is 1.90. The molecule has 0 saturated heterocycles. The fourth-order valence-corrected chi connectivity index (χ4v) is 1.77. The molecule has 4 heteroatoms. The van der Waals surface area contributed by atoms with Crippen LogP contribution in [0.3, 0.4) is 0 Å². The molecule has 1 aromatic heterocycles. The van der Waals surface area contributed by atoms with Crippen molar-refractivity contribution in [2.45, 2.75) is 13.2 Å². The first-order valence-corrected chi connectivity index (χ1v) is 6.12. The first-order valence-electron chi connectivity index (χ1n) is 5.74. The summed E-state index contributed by atoms with van der Waals surface area (Å²) in [5, 5.41) is 3.73. The minimum absolute atomic E-state index is 0.473. The summed E-state index contributed by atoms with van der Waals surface area (Å²) in [5.74, 6) is 0.842. The Hall–Kier alpha value is -1.58. The first-order chi connectivity index (χ1) is 8.79. The van der Waals surface area contributed by atoms with Gasteiger partial charge in [0.2, 0.25) is 0 Å². The maximum Gasteiger partial charge on any atom is 0.126 e. The summed E-state index contributed by atoms with van der Waals surface area (Å²) in [7, 11) is 1.84. The number of ether oxygens (including phenoxy) is 1. The van der Waals surface area contributed by atoms with Gasteiger partial charge in [0.15, 0.2) is 0 Å². The number of hydrogen-bond donors (Lipinski definition) is 1. The number of nitrogens with one attached hydrogen (secondary N) is 1. The number of benzene rings is 1. The molecule has 2 aromatic rings. The third kappa shape index (κ3) is 3.45. The number of rotatable bonds is 5. The Morgan fingerprint density at radius 1 is 1.11 bits per heavy atom. The van der Waals surface area contributed by atoms with Crippen LogP contribution in [0.2, 0.25) is 5.02 Å². The quantitative estimate of drug-likeness (QED) is 0.896. The predicted molar refractivity (Wildman–Crippen MR) is 73.7 cm³/mol. The zero-order valence-corrected chi connectivity index (χ0v) is 10.9. The Morgan fingerprint density at radius 2 is 1.94 bits per heavy atom. The van der Waals surface area contributed by atoms with Crippen molar-refractivity contribution in [1.29, 1.82) is 0 Å². The van der Waals surface area contributed by atoms with Gasteiger partial charge in [0.05, 0.1) is 18.9 Å². The van der Waals surface area contributed by atoms with Gasteiger partial charge in [0.1, 0.15) is 5.82 Å². The zero-order valence-electron chi connectivity index (χ0n) is 10.2. The molecule has 0 fully saturated rings. The van der Waals surface area contributed by atoms with E-state index in [1.807, 2.05) is 49.5 Å². The third-order valence-corrected chi connectivity index (χ3v) is 2.90. The zero-order chi connectivity index (χ0) is 12.8. The fraction of sp³-hybridized carbons (Fsp3) is 0.214. The lowest BCUT2D eigenvalue weighted by atomic mass is 10.2. The van der Waals surface area contributed by atoms with Gasteiger partial charge in [-0.15, -0.1) is 0 Å². The molecule has 0 saturated carbocycles. The van der Waals surface area contributed by atoms with Gasteiger partial charge >= 0.3 is 0 Å². The average molecular weight is 263 g/mol. The van der Waals surface area contributed by atoms with Crippen molar-refractivity contribution < 1.29 is 4.74 Å². The molecule has 0 unspecified atom stereocenters. The molecule has 0 amide bonds. The summed E-state index contributed by atoms with van der Waals surface area (Å²) in [4.78, 5) is 4.38. The number of anilines is 1. The number of nitrogens with zero attached hydrogens (tertiary/aromatic N) is 1. The lowest BCUT2D eigenvalue weighted by Gasteiger charge is -2.07. The molecule has 1 N–H and O–H groups in total. The minimum atomic E-state index is 0.473. The standard InChI is InChI=1S/C14H15ClN2O/c1-16-14-8-4-6-12(17-14)10-18-9-11-5-2-3-7-13(11)15/h2-8H,9-10H2,1H3,(H,16,17). The van der Waals surface area contributed by atoms with Crippen LogP contribution in [0.1, 0.15) is 11.3 Å². The number of aromatic nitrogens is 1. The number of hydrogen-bond acceptors (Lipinski definition) is 3. The molecule has 0 aliphatic rings. The van der Waals surface area contributed by atoms with Crippen LogP contribution in [-0.4, -0.2) is 12.0 Å². The smallest absolute Gasteiger partial charge is 0.126 e. The average Bonchev–Trinajstić information content (AvgIpc) is 2.41. The van der Waals surface area contributed by atoms with Gasteiger partial charge in [-0.3, -0.25) is 0 Å². The molecule has 0 spiro atoms. The highest BCUT2D eigenvalue weighted by atomic mass is 35.5. The van der Waals surface area contributed by atoms with Crippen molar-refractivity contribution in [2.24, 2.45) is 0 Å². The van der Waals surface area contributed by atoms with E-state index in [0.717, 1.165) is 22.1 Å². The van der Waals surface area contributed by atoms with Crippen molar-refractivity contribution in [3.63, 3.8) is 0 Å². The molecule has 1 heterocycles. The molecule has 0 aliphatic carbocycles. The molecule has 18 heavy (non-hydrogen) atoms. The van der Waals surface area contributed by atoms with Crippen LogP contribution in [-0.2, 0) is 18.0 Å². The van der Waals surface area contributed by atoms with Gasteiger partial charge in [-0.25, -0.2) is 4.98 Å². The van der Waals surface area contributed by atoms with Crippen LogP contribution in [0, 0.1) is 0 Å². The van der Waals surface area contributed by atoms with Gasteiger partial charge in [0.25, 0.3) is 0 Å². The van der Waals surface area contributed by atoms with Crippen LogP contribution in [0.5, 0.6) is 0 Å². The molecule has 0 bridgehead atoms. The van der Waals surface area contributed by atoms with E-state index >= 15 is 0 Å². The maximum atomic E-state index is 6.05. The van der Waals surface area contributed by atoms with E-state index in [9.17, 15) is 0 Å². The normalized spacial score (nSPS) is 10.3. The van der Waals surface area contributed by atoms with Crippen molar-refractivity contribution in [1.82, 2.24) is 4.98 Å². The van der Waals surface area contributed by atoms with E-state index in [1.165, 1.54) is 0 Å². The lowest BCUT2D eigenvalue weighted by Crippen LogP contribution is -1.99. The molecule has 3 nitrogen and oxygen atoms in total. The molecule has 0 radical (unpaired) electrons. The Bertz CT molecular complexity index is 517. The minimum Gasteiger partial charge on any atom is -0.373 e. The third-order valence-electron chi connectivity index (χ3n) is 2.53. The van der Waals surface area contributed by atoms with Gasteiger partial charge in [-0.2, -0.15) is 0 Å². The molecular formula is C14H15ClN2O. The van der Waals surface area contributed by atoms with Gasteiger partial charge in [-0.05, 0) is 23.8 Å². The molecule has 0 aliphatic heterocycles. The highest BCUT2D eigenvalue weighted by molar-refractivity contribution is 6.31. The van der Waals surface area contributed by atoms with Crippen LogP contribution < -0.4 is 5.32 Å². The lowest BCUT2D eigenvalue weighted by molar-refractivity contribution is 0.105. The van der Waals surface area contributed by atoms with Gasteiger partial charge in [0, 0.05) is 12.1 Å². The molecular weight excluding hydrogens is 248 g/mol. The second-order valence-corrected chi connectivity index (χ2v) is 4.26. The largest absolute Gasteiger partial charge is 0.373 e.